The lowest BCUT2D eigenvalue weighted by Gasteiger charge is -2.41. The van der Waals surface area contributed by atoms with Crippen molar-refractivity contribution in [3.05, 3.63) is 36.5 Å². The first-order valence-electron chi connectivity index (χ1n) is 25.5. The van der Waals surface area contributed by atoms with E-state index in [0.29, 0.717) is 12.8 Å². The lowest BCUT2D eigenvalue weighted by Crippen LogP contribution is -2.64. The van der Waals surface area contributed by atoms with Crippen molar-refractivity contribution in [1.82, 2.24) is 5.32 Å². The molecule has 0 aromatic rings. The fraction of sp³-hybridized carbons (Fsp3) is 0.860. The number of hydrogen-bond donors (Lipinski definition) is 9. The molecule has 0 aromatic heterocycles. The molecule has 1 saturated carbocycles. The normalized spacial score (nSPS) is 23.0. The molecule has 8 unspecified atom stereocenters. The van der Waals surface area contributed by atoms with Crippen LogP contribution in [-0.2, 0) is 18.4 Å². The predicted molar refractivity (Wildman–Crippen MR) is 257 cm³/mol. The molecular formula is C50H94NO12P. The second-order valence-electron chi connectivity index (χ2n) is 18.2. The standard InChI is InChI=1S/C50H94NO12P/c1-3-5-7-9-11-13-15-17-19-20-21-22-24-26-28-30-32-34-36-38-43(53)42(40-62-64(60,61)63-50-48(58)46(56)45(55)47(57)49(50)59)51-44(54)39-41(52)37-35-33-31-29-27-25-23-18-16-14-12-10-8-6-4-2/h18,23,28,30,36,38,41-43,45-50,52-53,55-59H,3-17,19-22,24-27,29,31-35,37,39-40H2,1-2H3,(H,51,54)(H,60,61)/b23-18-,30-28+,38-36+. The van der Waals surface area contributed by atoms with E-state index in [1.54, 1.807) is 6.08 Å². The van der Waals surface area contributed by atoms with Gasteiger partial charge in [-0.25, -0.2) is 4.57 Å². The Hall–Kier alpha value is -1.48. The SMILES string of the molecule is CCCCCCCC/C=C\CCCCCCCC(O)CC(=O)NC(COP(=O)(O)OC1C(O)C(O)C(O)C(O)C1O)C(O)/C=C/CC/C=C/CCCCCCCCCCCCCCC. The number of carbonyl (C=O) groups is 1. The molecule has 1 fully saturated rings. The Morgan fingerprint density at radius 2 is 0.922 bits per heavy atom. The van der Waals surface area contributed by atoms with E-state index >= 15 is 0 Å². The van der Waals surface area contributed by atoms with Crippen LogP contribution in [-0.4, -0.2) is 108 Å². The van der Waals surface area contributed by atoms with Gasteiger partial charge in [0.25, 0.3) is 0 Å². The van der Waals surface area contributed by atoms with E-state index in [1.165, 1.54) is 122 Å². The summed E-state index contributed by atoms with van der Waals surface area (Å²) in [7, 11) is -5.15. The van der Waals surface area contributed by atoms with Crippen LogP contribution < -0.4 is 5.32 Å². The van der Waals surface area contributed by atoms with Gasteiger partial charge in [0.15, 0.2) is 0 Å². The van der Waals surface area contributed by atoms with E-state index < -0.39 is 75.2 Å². The molecular weight excluding hydrogens is 838 g/mol. The number of amides is 1. The van der Waals surface area contributed by atoms with E-state index in [1.807, 2.05) is 0 Å². The summed E-state index contributed by atoms with van der Waals surface area (Å²) in [5, 5.41) is 74.6. The van der Waals surface area contributed by atoms with Crippen molar-refractivity contribution < 1.29 is 59.0 Å². The molecule has 0 aliphatic heterocycles. The highest BCUT2D eigenvalue weighted by molar-refractivity contribution is 7.47. The number of allylic oxidation sites excluding steroid dienone is 5. The zero-order valence-corrected chi connectivity index (χ0v) is 40.8. The molecule has 0 radical (unpaired) electrons. The first kappa shape index (κ1) is 60.5. The quantitative estimate of drug-likeness (QED) is 0.0159. The summed E-state index contributed by atoms with van der Waals surface area (Å²) < 4.78 is 22.9. The second kappa shape index (κ2) is 39.5. The van der Waals surface area contributed by atoms with Gasteiger partial charge in [0.2, 0.25) is 5.91 Å². The van der Waals surface area contributed by atoms with Gasteiger partial charge in [-0.1, -0.05) is 185 Å². The van der Waals surface area contributed by atoms with Gasteiger partial charge in [-0.15, -0.1) is 0 Å². The molecule has 9 N–H and O–H groups in total. The topological polar surface area (TPSA) is 226 Å². The minimum atomic E-state index is -5.15. The lowest BCUT2D eigenvalue weighted by atomic mass is 9.85. The fourth-order valence-corrected chi connectivity index (χ4v) is 8.98. The summed E-state index contributed by atoms with van der Waals surface area (Å²) in [6, 6.07) is -1.26. The van der Waals surface area contributed by atoms with Crippen LogP contribution in [0.1, 0.15) is 213 Å². The molecule has 8 atom stereocenters. The van der Waals surface area contributed by atoms with Gasteiger partial charge in [0, 0.05) is 0 Å². The Kier molecular flexibility index (Phi) is 37.4. The number of unbranched alkanes of at least 4 members (excludes halogenated alkanes) is 25. The smallest absolute Gasteiger partial charge is 0.393 e. The Balaban J connectivity index is 2.53. The molecule has 0 aromatic carbocycles. The van der Waals surface area contributed by atoms with Crippen LogP contribution in [0.3, 0.4) is 0 Å². The Labute approximate surface area is 387 Å². The van der Waals surface area contributed by atoms with Crippen LogP contribution in [0.15, 0.2) is 36.5 Å². The minimum Gasteiger partial charge on any atom is -0.393 e. The van der Waals surface area contributed by atoms with E-state index in [4.69, 9.17) is 9.05 Å². The molecule has 64 heavy (non-hydrogen) atoms. The highest BCUT2D eigenvalue weighted by Gasteiger charge is 2.51. The molecule has 14 heteroatoms. The van der Waals surface area contributed by atoms with Gasteiger partial charge in [-0.2, -0.15) is 0 Å². The largest absolute Gasteiger partial charge is 0.472 e. The highest BCUT2D eigenvalue weighted by Crippen LogP contribution is 2.47. The van der Waals surface area contributed by atoms with Crippen molar-refractivity contribution >= 4 is 13.7 Å². The number of aliphatic hydroxyl groups is 7. The molecule has 13 nitrogen and oxygen atoms in total. The third-order valence-corrected chi connectivity index (χ3v) is 13.2. The van der Waals surface area contributed by atoms with Crippen LogP contribution >= 0.6 is 7.82 Å². The number of carbonyl (C=O) groups excluding carboxylic acids is 1. The Bertz CT molecular complexity index is 1240. The fourth-order valence-electron chi connectivity index (χ4n) is 8.02. The summed E-state index contributed by atoms with van der Waals surface area (Å²) in [6.45, 7) is 3.74. The van der Waals surface area contributed by atoms with Crippen molar-refractivity contribution in [3.63, 3.8) is 0 Å². The third-order valence-electron chi connectivity index (χ3n) is 12.2. The third kappa shape index (κ3) is 30.7. The monoisotopic (exact) mass is 932 g/mol. The first-order valence-corrected chi connectivity index (χ1v) is 27.0. The lowest BCUT2D eigenvalue weighted by molar-refractivity contribution is -0.220. The summed E-state index contributed by atoms with van der Waals surface area (Å²) in [6.07, 6.45) is 32.3. The molecule has 0 bridgehead atoms. The maximum atomic E-state index is 13.0. The van der Waals surface area contributed by atoms with Crippen LogP contribution in [0.25, 0.3) is 0 Å². The summed E-state index contributed by atoms with van der Waals surface area (Å²) in [4.78, 5) is 23.5. The van der Waals surface area contributed by atoms with Gasteiger partial charge in [-0.05, 0) is 57.8 Å². The zero-order chi connectivity index (χ0) is 47.3. The van der Waals surface area contributed by atoms with Crippen LogP contribution in [0.4, 0.5) is 0 Å². The van der Waals surface area contributed by atoms with Gasteiger partial charge >= 0.3 is 7.82 Å². The maximum Gasteiger partial charge on any atom is 0.472 e. The van der Waals surface area contributed by atoms with Crippen LogP contribution in [0.2, 0.25) is 0 Å². The minimum absolute atomic E-state index is 0.258. The number of phosphoric acid groups is 1. The number of phosphoric ester groups is 1. The first-order chi connectivity index (χ1) is 30.8. The van der Waals surface area contributed by atoms with E-state index in [0.717, 1.165) is 64.2 Å². The number of aliphatic hydroxyl groups excluding tert-OH is 7. The maximum absolute atomic E-state index is 13.0. The summed E-state index contributed by atoms with van der Waals surface area (Å²) >= 11 is 0. The number of rotatable bonds is 42. The zero-order valence-electron chi connectivity index (χ0n) is 39.9. The average Bonchev–Trinajstić information content (AvgIpc) is 3.27. The molecule has 376 valence electrons. The number of nitrogens with one attached hydrogen (secondary N) is 1. The molecule has 0 saturated heterocycles. The van der Waals surface area contributed by atoms with Gasteiger partial charge in [0.05, 0.1) is 31.3 Å². The Morgan fingerprint density at radius 3 is 1.38 bits per heavy atom. The van der Waals surface area contributed by atoms with Crippen molar-refractivity contribution in [2.45, 2.75) is 268 Å². The number of hydrogen-bond acceptors (Lipinski definition) is 11. The summed E-state index contributed by atoms with van der Waals surface area (Å²) in [5.41, 5.74) is 0. The van der Waals surface area contributed by atoms with Crippen molar-refractivity contribution in [2.24, 2.45) is 0 Å². The second-order valence-corrected chi connectivity index (χ2v) is 19.6. The van der Waals surface area contributed by atoms with E-state index in [9.17, 15) is 50.0 Å². The van der Waals surface area contributed by atoms with E-state index in [-0.39, 0.29) is 6.42 Å². The molecule has 1 rings (SSSR count). The van der Waals surface area contributed by atoms with Gasteiger partial charge in [-0.3, -0.25) is 13.8 Å². The van der Waals surface area contributed by atoms with Crippen LogP contribution in [0.5, 0.6) is 0 Å². The van der Waals surface area contributed by atoms with Crippen LogP contribution in [0, 0.1) is 0 Å². The Morgan fingerprint density at radius 1 is 0.547 bits per heavy atom. The van der Waals surface area contributed by atoms with Crippen molar-refractivity contribution in [2.75, 3.05) is 6.61 Å². The molecule has 1 amide bonds. The molecule has 1 aliphatic carbocycles. The highest BCUT2D eigenvalue weighted by atomic mass is 31.2. The molecule has 1 aliphatic rings. The predicted octanol–water partition coefficient (Wildman–Crippen LogP) is 9.31. The van der Waals surface area contributed by atoms with Gasteiger partial charge in [0.1, 0.15) is 36.6 Å². The average molecular weight is 932 g/mol. The van der Waals surface area contributed by atoms with Gasteiger partial charge < -0.3 is 46.0 Å². The summed E-state index contributed by atoms with van der Waals surface area (Å²) in [5.74, 6) is -0.607. The van der Waals surface area contributed by atoms with Crippen molar-refractivity contribution in [3.8, 4) is 0 Å². The molecule has 0 spiro atoms. The van der Waals surface area contributed by atoms with E-state index in [2.05, 4.69) is 43.5 Å². The molecule has 0 heterocycles. The van der Waals surface area contributed by atoms with Crippen molar-refractivity contribution in [1.29, 1.82) is 0 Å².